The molecule has 1 saturated heterocycles. The van der Waals surface area contributed by atoms with Gasteiger partial charge in [-0.25, -0.2) is 0 Å². The SMILES string of the molecule is Cc1nn(C)c(C)c1C(C)N(CCO)CC1CCCN1. The number of aliphatic hydroxyl groups is 1. The summed E-state index contributed by atoms with van der Waals surface area (Å²) >= 11 is 0. The lowest BCUT2D eigenvalue weighted by molar-refractivity contribution is 0.147. The zero-order chi connectivity index (χ0) is 14.7. The largest absolute Gasteiger partial charge is 0.395 e. The molecule has 0 spiro atoms. The second-order valence-corrected chi connectivity index (χ2v) is 5.90. The molecule has 1 aromatic rings. The normalized spacial score (nSPS) is 20.8. The van der Waals surface area contributed by atoms with E-state index in [4.69, 9.17) is 0 Å². The third kappa shape index (κ3) is 3.22. The monoisotopic (exact) mass is 280 g/mol. The molecule has 2 rings (SSSR count). The summed E-state index contributed by atoms with van der Waals surface area (Å²) in [6.07, 6.45) is 2.50. The first kappa shape index (κ1) is 15.5. The Bertz CT molecular complexity index is 437. The van der Waals surface area contributed by atoms with Crippen LogP contribution in [0.25, 0.3) is 0 Å². The van der Waals surface area contributed by atoms with E-state index in [0.717, 1.165) is 18.8 Å². The molecule has 1 aliphatic rings. The van der Waals surface area contributed by atoms with Gasteiger partial charge in [-0.15, -0.1) is 0 Å². The van der Waals surface area contributed by atoms with E-state index in [1.807, 2.05) is 11.7 Å². The van der Waals surface area contributed by atoms with Gasteiger partial charge in [-0.2, -0.15) is 5.10 Å². The van der Waals surface area contributed by atoms with E-state index < -0.39 is 0 Å². The topological polar surface area (TPSA) is 53.3 Å². The zero-order valence-corrected chi connectivity index (χ0v) is 13.2. The zero-order valence-electron chi connectivity index (χ0n) is 13.2. The number of aliphatic hydroxyl groups excluding tert-OH is 1. The van der Waals surface area contributed by atoms with Gasteiger partial charge >= 0.3 is 0 Å². The highest BCUT2D eigenvalue weighted by atomic mass is 16.3. The molecule has 0 amide bonds. The molecule has 2 N–H and O–H groups in total. The van der Waals surface area contributed by atoms with Crippen LogP contribution in [0, 0.1) is 13.8 Å². The molecule has 0 aliphatic carbocycles. The summed E-state index contributed by atoms with van der Waals surface area (Å²) in [5, 5.41) is 17.4. The predicted molar refractivity (Wildman–Crippen MR) is 80.8 cm³/mol. The van der Waals surface area contributed by atoms with Gasteiger partial charge in [-0.1, -0.05) is 0 Å². The van der Waals surface area contributed by atoms with Crippen LogP contribution in [0.2, 0.25) is 0 Å². The Labute approximate surface area is 122 Å². The number of aromatic nitrogens is 2. The molecule has 0 aromatic carbocycles. The summed E-state index contributed by atoms with van der Waals surface area (Å²) in [5.41, 5.74) is 3.62. The number of nitrogens with one attached hydrogen (secondary N) is 1. The van der Waals surface area contributed by atoms with E-state index in [-0.39, 0.29) is 6.61 Å². The lowest BCUT2D eigenvalue weighted by Gasteiger charge is -2.31. The second-order valence-electron chi connectivity index (χ2n) is 5.90. The molecule has 1 fully saturated rings. The van der Waals surface area contributed by atoms with Crippen LogP contribution in [-0.4, -0.2) is 52.1 Å². The van der Waals surface area contributed by atoms with Crippen LogP contribution >= 0.6 is 0 Å². The quantitative estimate of drug-likeness (QED) is 0.820. The molecule has 20 heavy (non-hydrogen) atoms. The van der Waals surface area contributed by atoms with Crippen molar-refractivity contribution in [2.45, 2.75) is 45.7 Å². The van der Waals surface area contributed by atoms with Gasteiger partial charge < -0.3 is 10.4 Å². The molecule has 0 bridgehead atoms. The maximum absolute atomic E-state index is 9.37. The van der Waals surface area contributed by atoms with Crippen LogP contribution < -0.4 is 5.32 Å². The maximum Gasteiger partial charge on any atom is 0.0644 e. The summed E-state index contributed by atoms with van der Waals surface area (Å²) < 4.78 is 1.95. The Balaban J connectivity index is 2.14. The summed E-state index contributed by atoms with van der Waals surface area (Å²) in [6.45, 7) is 9.46. The van der Waals surface area contributed by atoms with E-state index in [1.165, 1.54) is 24.1 Å². The van der Waals surface area contributed by atoms with Crippen LogP contribution in [0.1, 0.15) is 42.8 Å². The van der Waals surface area contributed by atoms with E-state index in [9.17, 15) is 5.11 Å². The predicted octanol–water partition coefficient (Wildman–Crippen LogP) is 1.14. The number of nitrogens with zero attached hydrogens (tertiary/aromatic N) is 3. The molecule has 114 valence electrons. The molecule has 0 radical (unpaired) electrons. The third-order valence-electron chi connectivity index (χ3n) is 4.53. The maximum atomic E-state index is 9.37. The van der Waals surface area contributed by atoms with Crippen LogP contribution in [-0.2, 0) is 7.05 Å². The van der Waals surface area contributed by atoms with Gasteiger partial charge in [0.2, 0.25) is 0 Å². The van der Waals surface area contributed by atoms with Crippen LogP contribution in [0.4, 0.5) is 0 Å². The van der Waals surface area contributed by atoms with Gasteiger partial charge in [0.05, 0.1) is 12.3 Å². The van der Waals surface area contributed by atoms with E-state index in [0.29, 0.717) is 18.6 Å². The molecule has 2 unspecified atom stereocenters. The Kier molecular flexibility index (Phi) is 5.18. The average Bonchev–Trinajstić information content (AvgIpc) is 2.98. The van der Waals surface area contributed by atoms with Gasteiger partial charge in [-0.05, 0) is 40.2 Å². The summed E-state index contributed by atoms with van der Waals surface area (Å²) in [4.78, 5) is 2.38. The summed E-state index contributed by atoms with van der Waals surface area (Å²) in [7, 11) is 1.99. The minimum Gasteiger partial charge on any atom is -0.395 e. The Morgan fingerprint density at radius 3 is 2.75 bits per heavy atom. The van der Waals surface area contributed by atoms with Crippen LogP contribution in [0.5, 0.6) is 0 Å². The molecule has 5 heteroatoms. The van der Waals surface area contributed by atoms with Crippen molar-refractivity contribution in [2.75, 3.05) is 26.2 Å². The van der Waals surface area contributed by atoms with Gasteiger partial charge in [0.15, 0.2) is 0 Å². The van der Waals surface area contributed by atoms with Gasteiger partial charge in [0.25, 0.3) is 0 Å². The average molecular weight is 280 g/mol. The third-order valence-corrected chi connectivity index (χ3v) is 4.53. The first-order valence-corrected chi connectivity index (χ1v) is 7.63. The van der Waals surface area contributed by atoms with Crippen molar-refractivity contribution < 1.29 is 5.11 Å². The van der Waals surface area contributed by atoms with Crippen LogP contribution in [0.3, 0.4) is 0 Å². The number of hydrogen-bond donors (Lipinski definition) is 2. The molecule has 2 heterocycles. The number of aryl methyl sites for hydroxylation is 2. The Morgan fingerprint density at radius 2 is 2.25 bits per heavy atom. The van der Waals surface area contributed by atoms with Crippen molar-refractivity contribution in [1.82, 2.24) is 20.0 Å². The first-order valence-electron chi connectivity index (χ1n) is 7.63. The lowest BCUT2D eigenvalue weighted by Crippen LogP contribution is -2.40. The van der Waals surface area contributed by atoms with E-state index in [1.54, 1.807) is 0 Å². The molecular weight excluding hydrogens is 252 g/mol. The number of rotatable bonds is 6. The minimum absolute atomic E-state index is 0.204. The van der Waals surface area contributed by atoms with Crippen molar-refractivity contribution in [3.8, 4) is 0 Å². The van der Waals surface area contributed by atoms with Crippen molar-refractivity contribution in [1.29, 1.82) is 0 Å². The summed E-state index contributed by atoms with van der Waals surface area (Å²) in [6, 6.07) is 0.847. The fraction of sp³-hybridized carbons (Fsp3) is 0.800. The molecule has 1 aliphatic heterocycles. The molecular formula is C15H28N4O. The van der Waals surface area contributed by atoms with Gasteiger partial charge in [0.1, 0.15) is 0 Å². The molecule has 1 aromatic heterocycles. The molecule has 0 saturated carbocycles. The summed E-state index contributed by atoms with van der Waals surface area (Å²) in [5.74, 6) is 0. The van der Waals surface area contributed by atoms with E-state index in [2.05, 4.69) is 36.1 Å². The smallest absolute Gasteiger partial charge is 0.0644 e. The lowest BCUT2D eigenvalue weighted by atomic mass is 10.0. The highest BCUT2D eigenvalue weighted by Gasteiger charge is 2.25. The number of hydrogen-bond acceptors (Lipinski definition) is 4. The molecule has 5 nitrogen and oxygen atoms in total. The van der Waals surface area contributed by atoms with Crippen molar-refractivity contribution in [2.24, 2.45) is 7.05 Å². The Morgan fingerprint density at radius 1 is 1.50 bits per heavy atom. The highest BCUT2D eigenvalue weighted by molar-refractivity contribution is 5.27. The first-order chi connectivity index (χ1) is 9.54. The van der Waals surface area contributed by atoms with Crippen molar-refractivity contribution in [3.63, 3.8) is 0 Å². The molecule has 2 atom stereocenters. The van der Waals surface area contributed by atoms with Crippen molar-refractivity contribution >= 4 is 0 Å². The fourth-order valence-electron chi connectivity index (χ4n) is 3.34. The van der Waals surface area contributed by atoms with E-state index >= 15 is 0 Å². The highest BCUT2D eigenvalue weighted by Crippen LogP contribution is 2.26. The van der Waals surface area contributed by atoms with Gasteiger partial charge in [-0.3, -0.25) is 9.58 Å². The second kappa shape index (κ2) is 6.70. The minimum atomic E-state index is 0.204. The Hall–Kier alpha value is -0.910. The van der Waals surface area contributed by atoms with Crippen LogP contribution in [0.15, 0.2) is 0 Å². The fourth-order valence-corrected chi connectivity index (χ4v) is 3.34. The van der Waals surface area contributed by atoms with Gasteiger partial charge in [0, 0.05) is 43.5 Å². The van der Waals surface area contributed by atoms with Crippen molar-refractivity contribution in [3.05, 3.63) is 17.0 Å². The standard InChI is InChI=1S/C15H28N4O/c1-11-15(12(2)18(4)17-11)13(3)19(8-9-20)10-14-6-5-7-16-14/h13-14,16,20H,5-10H2,1-4H3.